The van der Waals surface area contributed by atoms with Crippen LogP contribution in [0.4, 0.5) is 0 Å². The third-order valence-corrected chi connectivity index (χ3v) is 4.95. The van der Waals surface area contributed by atoms with E-state index in [0.717, 1.165) is 32.5 Å². The number of rotatable bonds is 6. The average Bonchev–Trinajstić information content (AvgIpc) is 3.07. The zero-order chi connectivity index (χ0) is 19.2. The Balaban J connectivity index is 1.38. The van der Waals surface area contributed by atoms with E-state index in [0.29, 0.717) is 11.3 Å². The van der Waals surface area contributed by atoms with Crippen molar-refractivity contribution < 1.29 is 14.0 Å². The highest BCUT2D eigenvalue weighted by molar-refractivity contribution is 5.97. The molecule has 2 heterocycles. The molecule has 0 bridgehead atoms. The maximum atomic E-state index is 12.1. The molecule has 2 N–H and O–H groups in total. The molecular formula is C21H27N3O3. The van der Waals surface area contributed by atoms with Crippen LogP contribution in [0.2, 0.25) is 0 Å². The Morgan fingerprint density at radius 2 is 1.96 bits per heavy atom. The molecule has 2 aromatic rings. The molecule has 0 saturated carbocycles. The van der Waals surface area contributed by atoms with Gasteiger partial charge < -0.3 is 15.1 Å². The van der Waals surface area contributed by atoms with Crippen molar-refractivity contribution in [3.63, 3.8) is 0 Å². The van der Waals surface area contributed by atoms with E-state index >= 15 is 0 Å². The summed E-state index contributed by atoms with van der Waals surface area (Å²) in [4.78, 5) is 26.5. The minimum Gasteiger partial charge on any atom is -0.469 e. The van der Waals surface area contributed by atoms with E-state index in [-0.39, 0.29) is 24.4 Å². The fourth-order valence-electron chi connectivity index (χ4n) is 3.46. The molecule has 1 aromatic carbocycles. The van der Waals surface area contributed by atoms with Gasteiger partial charge in [-0.15, -0.1) is 0 Å². The van der Waals surface area contributed by atoms with Crippen molar-refractivity contribution in [3.05, 3.63) is 59.0 Å². The Morgan fingerprint density at radius 1 is 1.19 bits per heavy atom. The Labute approximate surface area is 159 Å². The van der Waals surface area contributed by atoms with Crippen LogP contribution < -0.4 is 10.6 Å². The fourth-order valence-corrected chi connectivity index (χ4v) is 3.46. The van der Waals surface area contributed by atoms with Crippen molar-refractivity contribution in [1.82, 2.24) is 15.5 Å². The van der Waals surface area contributed by atoms with Gasteiger partial charge in [0.25, 0.3) is 5.91 Å². The molecule has 0 radical (unpaired) electrons. The number of furan rings is 1. The predicted octanol–water partition coefficient (Wildman–Crippen LogP) is 2.41. The lowest BCUT2D eigenvalue weighted by Gasteiger charge is -2.32. The van der Waals surface area contributed by atoms with Crippen LogP contribution in [0.3, 0.4) is 0 Å². The monoisotopic (exact) mass is 369 g/mol. The third kappa shape index (κ3) is 5.44. The third-order valence-electron chi connectivity index (χ3n) is 4.95. The Kier molecular flexibility index (Phi) is 6.29. The molecule has 1 aliphatic heterocycles. The summed E-state index contributed by atoms with van der Waals surface area (Å²) in [6, 6.07) is 10.4. The molecule has 0 aliphatic carbocycles. The van der Waals surface area contributed by atoms with E-state index in [1.165, 1.54) is 17.4 Å². The van der Waals surface area contributed by atoms with Gasteiger partial charge in [-0.25, -0.2) is 0 Å². The first-order valence-electron chi connectivity index (χ1n) is 9.41. The number of likely N-dealkylation sites (tertiary alicyclic amines) is 1. The van der Waals surface area contributed by atoms with Gasteiger partial charge in [0.1, 0.15) is 5.76 Å². The molecule has 6 nitrogen and oxygen atoms in total. The normalized spacial score (nSPS) is 15.5. The van der Waals surface area contributed by atoms with E-state index in [4.69, 9.17) is 4.42 Å². The van der Waals surface area contributed by atoms with E-state index < -0.39 is 0 Å². The molecule has 0 unspecified atom stereocenters. The summed E-state index contributed by atoms with van der Waals surface area (Å²) in [5, 5.41) is 5.66. The van der Waals surface area contributed by atoms with Crippen molar-refractivity contribution in [3.8, 4) is 0 Å². The summed E-state index contributed by atoms with van der Waals surface area (Å²) >= 11 is 0. The van der Waals surface area contributed by atoms with Crippen LogP contribution in [-0.2, 0) is 11.3 Å². The van der Waals surface area contributed by atoms with Crippen molar-refractivity contribution in [2.75, 3.05) is 19.6 Å². The number of carbonyl (C=O) groups excluding carboxylic acids is 2. The van der Waals surface area contributed by atoms with Crippen molar-refractivity contribution >= 4 is 11.8 Å². The first-order valence-corrected chi connectivity index (χ1v) is 9.41. The van der Waals surface area contributed by atoms with Crippen LogP contribution in [0.15, 0.2) is 41.0 Å². The first-order chi connectivity index (χ1) is 13.0. The number of hydrogen-bond donors (Lipinski definition) is 2. The van der Waals surface area contributed by atoms with Crippen molar-refractivity contribution in [2.24, 2.45) is 0 Å². The number of benzene rings is 1. The Morgan fingerprint density at radius 3 is 2.63 bits per heavy atom. The molecular weight excluding hydrogens is 342 g/mol. The summed E-state index contributed by atoms with van der Waals surface area (Å²) in [5.74, 6) is 0.111. The SMILES string of the molecule is Cc1cccc(CN2CCC(NC(=O)CNC(=O)c3ccoc3C)CC2)c1. The van der Waals surface area contributed by atoms with Gasteiger partial charge in [0.15, 0.2) is 0 Å². The number of carbonyl (C=O) groups is 2. The van der Waals surface area contributed by atoms with Crippen LogP contribution in [0.25, 0.3) is 0 Å². The van der Waals surface area contributed by atoms with Gasteiger partial charge in [0.2, 0.25) is 5.91 Å². The van der Waals surface area contributed by atoms with Crippen LogP contribution in [0.5, 0.6) is 0 Å². The smallest absolute Gasteiger partial charge is 0.255 e. The molecule has 6 heteroatoms. The van der Waals surface area contributed by atoms with E-state index in [9.17, 15) is 9.59 Å². The molecule has 2 amide bonds. The number of amides is 2. The second-order valence-corrected chi connectivity index (χ2v) is 7.18. The largest absolute Gasteiger partial charge is 0.469 e. The van der Waals surface area contributed by atoms with E-state index in [2.05, 4.69) is 46.7 Å². The van der Waals surface area contributed by atoms with Crippen molar-refractivity contribution in [2.45, 2.75) is 39.3 Å². The van der Waals surface area contributed by atoms with Gasteiger partial charge >= 0.3 is 0 Å². The van der Waals surface area contributed by atoms with Crippen LogP contribution >= 0.6 is 0 Å². The number of aryl methyl sites for hydroxylation is 2. The molecule has 27 heavy (non-hydrogen) atoms. The Bertz CT molecular complexity index is 791. The number of nitrogens with zero attached hydrogens (tertiary/aromatic N) is 1. The minimum atomic E-state index is -0.288. The lowest BCUT2D eigenvalue weighted by atomic mass is 10.0. The predicted molar refractivity (Wildman–Crippen MR) is 103 cm³/mol. The zero-order valence-corrected chi connectivity index (χ0v) is 16.0. The highest BCUT2D eigenvalue weighted by Crippen LogP contribution is 2.15. The number of nitrogens with one attached hydrogen (secondary N) is 2. The fraction of sp³-hybridized carbons (Fsp3) is 0.429. The molecule has 0 spiro atoms. The van der Waals surface area contributed by atoms with Crippen LogP contribution in [-0.4, -0.2) is 42.4 Å². The Hall–Kier alpha value is -2.60. The maximum absolute atomic E-state index is 12.1. The topological polar surface area (TPSA) is 74.6 Å². The molecule has 1 aliphatic rings. The highest BCUT2D eigenvalue weighted by atomic mass is 16.3. The highest BCUT2D eigenvalue weighted by Gasteiger charge is 2.21. The maximum Gasteiger partial charge on any atom is 0.255 e. The first kappa shape index (κ1) is 19.2. The van der Waals surface area contributed by atoms with Crippen molar-refractivity contribution in [1.29, 1.82) is 0 Å². The van der Waals surface area contributed by atoms with Gasteiger partial charge in [-0.3, -0.25) is 14.5 Å². The minimum absolute atomic E-state index is 0.0209. The molecule has 144 valence electrons. The molecule has 1 fully saturated rings. The molecule has 1 aromatic heterocycles. The second-order valence-electron chi connectivity index (χ2n) is 7.18. The zero-order valence-electron chi connectivity index (χ0n) is 16.0. The summed E-state index contributed by atoms with van der Waals surface area (Å²) < 4.78 is 5.11. The molecule has 1 saturated heterocycles. The average molecular weight is 369 g/mol. The van der Waals surface area contributed by atoms with Gasteiger partial charge in [0, 0.05) is 25.7 Å². The summed E-state index contributed by atoms with van der Waals surface area (Å²) in [7, 11) is 0. The lowest BCUT2D eigenvalue weighted by molar-refractivity contribution is -0.121. The van der Waals surface area contributed by atoms with Crippen LogP contribution in [0.1, 0.15) is 40.1 Å². The number of piperidine rings is 1. The number of hydrogen-bond acceptors (Lipinski definition) is 4. The van der Waals surface area contributed by atoms with Gasteiger partial charge in [0.05, 0.1) is 18.4 Å². The molecule has 0 atom stereocenters. The lowest BCUT2D eigenvalue weighted by Crippen LogP contribution is -2.47. The van der Waals surface area contributed by atoms with E-state index in [1.54, 1.807) is 13.0 Å². The quantitative estimate of drug-likeness (QED) is 0.820. The van der Waals surface area contributed by atoms with Crippen LogP contribution in [0, 0.1) is 13.8 Å². The van der Waals surface area contributed by atoms with Gasteiger partial charge in [-0.05, 0) is 38.3 Å². The van der Waals surface area contributed by atoms with Gasteiger partial charge in [-0.2, -0.15) is 0 Å². The summed E-state index contributed by atoms with van der Waals surface area (Å²) in [6.07, 6.45) is 3.31. The second kappa shape index (κ2) is 8.86. The molecule has 3 rings (SSSR count). The summed E-state index contributed by atoms with van der Waals surface area (Å²) in [6.45, 7) is 6.67. The van der Waals surface area contributed by atoms with Gasteiger partial charge in [-0.1, -0.05) is 29.8 Å². The summed E-state index contributed by atoms with van der Waals surface area (Å²) in [5.41, 5.74) is 3.07. The standard InChI is InChI=1S/C21H27N3O3/c1-15-4-3-5-17(12-15)14-24-9-6-18(7-10-24)23-20(25)13-22-21(26)19-8-11-27-16(19)2/h3-5,8,11-12,18H,6-7,9-10,13-14H2,1-2H3,(H,22,26)(H,23,25). The van der Waals surface area contributed by atoms with E-state index in [1.807, 2.05) is 0 Å².